The monoisotopic (exact) mass is 407 g/mol. The van der Waals surface area contributed by atoms with Crippen LogP contribution in [0.25, 0.3) is 0 Å². The van der Waals surface area contributed by atoms with Crippen LogP contribution in [0.15, 0.2) is 53.2 Å². The number of hydrogen-bond donors (Lipinski definition) is 1. The molecule has 152 valence electrons. The van der Waals surface area contributed by atoms with Crippen molar-refractivity contribution in [3.63, 3.8) is 0 Å². The first-order chi connectivity index (χ1) is 13.7. The molecule has 0 unspecified atom stereocenters. The van der Waals surface area contributed by atoms with Crippen molar-refractivity contribution in [1.82, 2.24) is 9.78 Å². The summed E-state index contributed by atoms with van der Waals surface area (Å²) in [5.41, 5.74) is 0.00815. The number of nitrogens with one attached hydrogen (secondary N) is 1. The van der Waals surface area contributed by atoms with E-state index >= 15 is 0 Å². The van der Waals surface area contributed by atoms with Crippen LogP contribution < -0.4 is 5.32 Å². The number of halogens is 3. The van der Waals surface area contributed by atoms with Crippen molar-refractivity contribution in [3.8, 4) is 0 Å². The van der Waals surface area contributed by atoms with Crippen molar-refractivity contribution in [2.45, 2.75) is 26.3 Å². The van der Waals surface area contributed by atoms with Gasteiger partial charge in [0.2, 0.25) is 0 Å². The fourth-order valence-corrected chi connectivity index (χ4v) is 2.42. The van der Waals surface area contributed by atoms with Gasteiger partial charge < -0.3 is 9.15 Å². The van der Waals surface area contributed by atoms with E-state index in [4.69, 9.17) is 9.15 Å². The lowest BCUT2D eigenvalue weighted by Crippen LogP contribution is -2.13. The summed E-state index contributed by atoms with van der Waals surface area (Å²) in [5, 5.41) is 6.53. The summed E-state index contributed by atoms with van der Waals surface area (Å²) in [6.07, 6.45) is -2.26. The molecule has 1 N–H and O–H groups in total. The van der Waals surface area contributed by atoms with Crippen LogP contribution in [-0.2, 0) is 24.1 Å². The third kappa shape index (κ3) is 5.47. The van der Waals surface area contributed by atoms with Crippen LogP contribution in [-0.4, -0.2) is 21.7 Å². The smallest absolute Gasteiger partial charge is 0.416 e. The standard InChI is InChI=1S/C19H16F3N3O4/c1-12(26)17-7-6-16(29-17)10-25-9-15(8-23-25)24-18(27)28-11-13-2-4-14(5-3-13)19(20,21)22/h2-9H,10-11H2,1H3,(H,24,27). The number of amides is 1. The highest BCUT2D eigenvalue weighted by Gasteiger charge is 2.29. The van der Waals surface area contributed by atoms with Crippen molar-refractivity contribution in [3.05, 3.63) is 71.4 Å². The SMILES string of the molecule is CC(=O)c1ccc(Cn2cc(NC(=O)OCc3ccc(C(F)(F)F)cc3)cn2)o1. The molecule has 0 aliphatic carbocycles. The number of ketones is 1. The fourth-order valence-electron chi connectivity index (χ4n) is 2.42. The van der Waals surface area contributed by atoms with Gasteiger partial charge in [0, 0.05) is 13.1 Å². The molecule has 1 amide bonds. The van der Waals surface area contributed by atoms with Gasteiger partial charge in [-0.3, -0.25) is 14.8 Å². The zero-order valence-electron chi connectivity index (χ0n) is 15.2. The average molecular weight is 407 g/mol. The lowest BCUT2D eigenvalue weighted by atomic mass is 10.1. The number of ether oxygens (including phenoxy) is 1. The lowest BCUT2D eigenvalue weighted by molar-refractivity contribution is -0.137. The average Bonchev–Trinajstić information content (AvgIpc) is 3.30. The summed E-state index contributed by atoms with van der Waals surface area (Å²) in [7, 11) is 0. The van der Waals surface area contributed by atoms with Crippen molar-refractivity contribution >= 4 is 17.6 Å². The first-order valence-corrected chi connectivity index (χ1v) is 8.43. The second-order valence-corrected chi connectivity index (χ2v) is 6.14. The van der Waals surface area contributed by atoms with Gasteiger partial charge in [0.1, 0.15) is 12.4 Å². The molecule has 2 aromatic heterocycles. The maximum absolute atomic E-state index is 12.5. The highest BCUT2D eigenvalue weighted by Crippen LogP contribution is 2.29. The molecule has 0 spiro atoms. The normalized spacial score (nSPS) is 11.3. The predicted octanol–water partition coefficient (Wildman–Crippen LogP) is 4.49. The number of benzene rings is 1. The first-order valence-electron chi connectivity index (χ1n) is 8.43. The quantitative estimate of drug-likeness (QED) is 0.609. The molecule has 0 radical (unpaired) electrons. The van der Waals surface area contributed by atoms with Gasteiger partial charge in [0.25, 0.3) is 0 Å². The van der Waals surface area contributed by atoms with Gasteiger partial charge in [0.05, 0.1) is 24.0 Å². The second-order valence-electron chi connectivity index (χ2n) is 6.14. The van der Waals surface area contributed by atoms with Gasteiger partial charge >= 0.3 is 12.3 Å². The Morgan fingerprint density at radius 2 is 1.90 bits per heavy atom. The number of rotatable bonds is 6. The highest BCUT2D eigenvalue weighted by molar-refractivity contribution is 5.91. The Morgan fingerprint density at radius 3 is 2.52 bits per heavy atom. The molecule has 1 aromatic carbocycles. The number of hydrogen-bond acceptors (Lipinski definition) is 5. The van der Waals surface area contributed by atoms with E-state index in [0.717, 1.165) is 12.1 Å². The van der Waals surface area contributed by atoms with Crippen molar-refractivity contribution in [2.24, 2.45) is 0 Å². The van der Waals surface area contributed by atoms with Gasteiger partial charge in [-0.2, -0.15) is 18.3 Å². The van der Waals surface area contributed by atoms with Crippen molar-refractivity contribution in [2.75, 3.05) is 5.32 Å². The van der Waals surface area contributed by atoms with Crippen LogP contribution in [0, 0.1) is 0 Å². The van der Waals surface area contributed by atoms with Crippen LogP contribution in [0.3, 0.4) is 0 Å². The van der Waals surface area contributed by atoms with Gasteiger partial charge in [-0.15, -0.1) is 0 Å². The zero-order chi connectivity index (χ0) is 21.0. The Labute approximate surface area is 163 Å². The molecule has 3 rings (SSSR count). The topological polar surface area (TPSA) is 86.4 Å². The molecular formula is C19H16F3N3O4. The number of carbonyl (C=O) groups excluding carboxylic acids is 2. The van der Waals surface area contributed by atoms with Gasteiger partial charge in [-0.25, -0.2) is 4.79 Å². The van der Waals surface area contributed by atoms with Gasteiger partial charge in [-0.1, -0.05) is 12.1 Å². The van der Waals surface area contributed by atoms with E-state index in [9.17, 15) is 22.8 Å². The number of anilines is 1. The van der Waals surface area contributed by atoms with E-state index in [2.05, 4.69) is 10.4 Å². The largest absolute Gasteiger partial charge is 0.456 e. The summed E-state index contributed by atoms with van der Waals surface area (Å²) < 4.78 is 49.4. The summed E-state index contributed by atoms with van der Waals surface area (Å²) in [5.74, 6) is 0.585. The summed E-state index contributed by atoms with van der Waals surface area (Å²) in [6.45, 7) is 1.47. The van der Waals surface area contributed by atoms with Crippen LogP contribution in [0.5, 0.6) is 0 Å². The molecule has 2 heterocycles. The molecule has 29 heavy (non-hydrogen) atoms. The lowest BCUT2D eigenvalue weighted by Gasteiger charge is -2.08. The van der Waals surface area contributed by atoms with E-state index < -0.39 is 17.8 Å². The minimum Gasteiger partial charge on any atom is -0.456 e. The van der Waals surface area contributed by atoms with E-state index in [1.54, 1.807) is 12.1 Å². The van der Waals surface area contributed by atoms with E-state index in [0.29, 0.717) is 17.0 Å². The minimum absolute atomic E-state index is 0.182. The molecule has 0 fully saturated rings. The van der Waals surface area contributed by atoms with Crippen molar-refractivity contribution in [1.29, 1.82) is 0 Å². The second kappa shape index (κ2) is 8.21. The number of aromatic nitrogens is 2. The van der Waals surface area contributed by atoms with E-state index in [1.165, 1.54) is 36.1 Å². The van der Waals surface area contributed by atoms with E-state index in [-0.39, 0.29) is 24.7 Å². The van der Waals surface area contributed by atoms with Crippen LogP contribution >= 0.6 is 0 Å². The molecule has 7 nitrogen and oxygen atoms in total. The third-order valence-electron chi connectivity index (χ3n) is 3.86. The van der Waals surface area contributed by atoms with Crippen molar-refractivity contribution < 1.29 is 31.9 Å². The van der Waals surface area contributed by atoms with Gasteiger partial charge in [-0.05, 0) is 29.8 Å². The number of nitrogens with zero attached hydrogens (tertiary/aromatic N) is 2. The maximum atomic E-state index is 12.5. The Kier molecular flexibility index (Phi) is 5.71. The number of Topliss-reactive ketones (excluding diaryl/α,β-unsaturated/α-hetero) is 1. The molecule has 0 saturated heterocycles. The Hall–Kier alpha value is -3.56. The first kappa shape index (κ1) is 20.2. The summed E-state index contributed by atoms with van der Waals surface area (Å²) >= 11 is 0. The summed E-state index contributed by atoms with van der Waals surface area (Å²) in [4.78, 5) is 23.1. The predicted molar refractivity (Wildman–Crippen MR) is 95.3 cm³/mol. The highest BCUT2D eigenvalue weighted by atomic mass is 19.4. The number of furan rings is 1. The Balaban J connectivity index is 1.50. The van der Waals surface area contributed by atoms with Crippen LogP contribution in [0.4, 0.5) is 23.7 Å². The van der Waals surface area contributed by atoms with Crippen LogP contribution in [0.2, 0.25) is 0 Å². The van der Waals surface area contributed by atoms with E-state index in [1.807, 2.05) is 0 Å². The molecule has 0 bridgehead atoms. The molecule has 0 aliphatic rings. The molecule has 0 saturated carbocycles. The molecular weight excluding hydrogens is 391 g/mol. The van der Waals surface area contributed by atoms with Gasteiger partial charge in [0.15, 0.2) is 11.5 Å². The molecule has 10 heteroatoms. The molecule has 3 aromatic rings. The molecule has 0 aliphatic heterocycles. The number of alkyl halides is 3. The zero-order valence-corrected chi connectivity index (χ0v) is 15.2. The Bertz CT molecular complexity index is 1010. The summed E-state index contributed by atoms with van der Waals surface area (Å²) in [6, 6.07) is 7.56. The maximum Gasteiger partial charge on any atom is 0.416 e. The Morgan fingerprint density at radius 1 is 1.17 bits per heavy atom. The third-order valence-corrected chi connectivity index (χ3v) is 3.86. The fraction of sp³-hybridized carbons (Fsp3) is 0.211. The van der Waals surface area contributed by atoms with Crippen LogP contribution in [0.1, 0.15) is 34.4 Å². The number of carbonyl (C=O) groups is 2. The molecule has 0 atom stereocenters. The minimum atomic E-state index is -4.42.